The number of hydrogen-bond donors (Lipinski definition) is 0. The first-order valence-corrected chi connectivity index (χ1v) is 7.32. The normalized spacial score (nSPS) is 15.7. The summed E-state index contributed by atoms with van der Waals surface area (Å²) in [6.07, 6.45) is 0. The average Bonchev–Trinajstić information content (AvgIpc) is 2.75. The summed E-state index contributed by atoms with van der Waals surface area (Å²) in [5.74, 6) is -0.0928. The van der Waals surface area contributed by atoms with E-state index < -0.39 is 0 Å². The number of hydrogen-bond acceptors (Lipinski definition) is 2. The van der Waals surface area contributed by atoms with Gasteiger partial charge in [0.25, 0.3) is 5.91 Å². The van der Waals surface area contributed by atoms with Crippen LogP contribution in [0.4, 0.5) is 11.4 Å². The fraction of sp³-hybridized carbons (Fsp3) is 0.125. The molecule has 0 saturated heterocycles. The zero-order valence-corrected chi connectivity index (χ0v) is 12.8. The second-order valence-corrected chi connectivity index (χ2v) is 5.44. The third-order valence-corrected chi connectivity index (χ3v) is 4.10. The van der Waals surface area contributed by atoms with Gasteiger partial charge in [-0.1, -0.05) is 41.4 Å². The molecule has 2 aromatic rings. The van der Waals surface area contributed by atoms with Gasteiger partial charge in [0.05, 0.1) is 21.4 Å². The van der Waals surface area contributed by atoms with E-state index in [1.54, 1.807) is 23.1 Å². The van der Waals surface area contributed by atoms with Gasteiger partial charge in [-0.25, -0.2) is 4.99 Å². The first-order valence-electron chi connectivity index (χ1n) is 6.57. The molecule has 0 unspecified atom stereocenters. The first kappa shape index (κ1) is 14.1. The highest BCUT2D eigenvalue weighted by Gasteiger charge is 2.32. The van der Waals surface area contributed by atoms with Gasteiger partial charge in [0.2, 0.25) is 0 Å². The van der Waals surface area contributed by atoms with Crippen molar-refractivity contribution >= 4 is 46.2 Å². The lowest BCUT2D eigenvalue weighted by Gasteiger charge is -2.12. The topological polar surface area (TPSA) is 32.7 Å². The summed E-state index contributed by atoms with van der Waals surface area (Å²) >= 11 is 11.9. The highest BCUT2D eigenvalue weighted by Crippen LogP contribution is 2.32. The SMILES string of the molecule is CCN1C(=O)C(=Nc2ccc(Cl)c(Cl)c2)c2ccccc21. The maximum atomic E-state index is 12.5. The number of nitrogens with zero attached hydrogens (tertiary/aromatic N) is 2. The number of fused-ring (bicyclic) bond motifs is 1. The quantitative estimate of drug-likeness (QED) is 0.803. The van der Waals surface area contributed by atoms with Gasteiger partial charge < -0.3 is 4.90 Å². The van der Waals surface area contributed by atoms with E-state index in [-0.39, 0.29) is 5.91 Å². The van der Waals surface area contributed by atoms with E-state index in [0.29, 0.717) is 28.0 Å². The number of amides is 1. The summed E-state index contributed by atoms with van der Waals surface area (Å²) in [4.78, 5) is 18.7. The molecule has 0 atom stereocenters. The van der Waals surface area contributed by atoms with E-state index in [4.69, 9.17) is 23.2 Å². The van der Waals surface area contributed by atoms with Gasteiger partial charge in [0, 0.05) is 12.1 Å². The zero-order valence-electron chi connectivity index (χ0n) is 11.3. The standard InChI is InChI=1S/C16H12Cl2N2O/c1-2-20-14-6-4-3-5-11(14)15(16(20)21)19-10-7-8-12(17)13(18)9-10/h3-9H,2H2,1H3. The number of carbonyl (C=O) groups is 1. The van der Waals surface area contributed by atoms with Crippen LogP contribution in [0.3, 0.4) is 0 Å². The molecular formula is C16H12Cl2N2O. The number of benzene rings is 2. The van der Waals surface area contributed by atoms with Crippen molar-refractivity contribution < 1.29 is 4.79 Å². The fourth-order valence-electron chi connectivity index (χ4n) is 2.37. The highest BCUT2D eigenvalue weighted by atomic mass is 35.5. The summed E-state index contributed by atoms with van der Waals surface area (Å²) in [6.45, 7) is 2.55. The molecule has 0 bridgehead atoms. The molecule has 1 heterocycles. The molecule has 1 aliphatic rings. The minimum Gasteiger partial charge on any atom is -0.307 e. The van der Waals surface area contributed by atoms with E-state index in [0.717, 1.165) is 11.3 Å². The van der Waals surface area contributed by atoms with E-state index >= 15 is 0 Å². The van der Waals surface area contributed by atoms with Gasteiger partial charge in [0.1, 0.15) is 5.71 Å². The van der Waals surface area contributed by atoms with Crippen molar-refractivity contribution in [2.45, 2.75) is 6.92 Å². The first-order chi connectivity index (χ1) is 10.1. The van der Waals surface area contributed by atoms with Crippen LogP contribution < -0.4 is 4.90 Å². The predicted octanol–water partition coefficient (Wildman–Crippen LogP) is 4.48. The largest absolute Gasteiger partial charge is 0.307 e. The lowest BCUT2D eigenvalue weighted by atomic mass is 10.1. The monoisotopic (exact) mass is 318 g/mol. The van der Waals surface area contributed by atoms with E-state index in [1.165, 1.54) is 0 Å². The molecule has 0 aliphatic carbocycles. The van der Waals surface area contributed by atoms with Crippen molar-refractivity contribution in [2.75, 3.05) is 11.4 Å². The molecule has 106 valence electrons. The van der Waals surface area contributed by atoms with Gasteiger partial charge in [-0.2, -0.15) is 0 Å². The molecule has 0 saturated carbocycles. The van der Waals surface area contributed by atoms with Crippen molar-refractivity contribution in [3.63, 3.8) is 0 Å². The van der Waals surface area contributed by atoms with Crippen LogP contribution in [-0.4, -0.2) is 18.2 Å². The van der Waals surface area contributed by atoms with E-state index in [1.807, 2.05) is 31.2 Å². The van der Waals surface area contributed by atoms with Crippen LogP contribution >= 0.6 is 23.2 Å². The Morgan fingerprint density at radius 3 is 2.57 bits per heavy atom. The summed E-state index contributed by atoms with van der Waals surface area (Å²) in [5, 5.41) is 0.888. The number of anilines is 1. The molecule has 2 aromatic carbocycles. The summed E-state index contributed by atoms with van der Waals surface area (Å²) < 4.78 is 0. The van der Waals surface area contributed by atoms with Gasteiger partial charge in [-0.3, -0.25) is 4.79 Å². The molecule has 3 rings (SSSR count). The molecule has 0 N–H and O–H groups in total. The van der Waals surface area contributed by atoms with Crippen LogP contribution in [-0.2, 0) is 4.79 Å². The van der Waals surface area contributed by atoms with Gasteiger partial charge >= 0.3 is 0 Å². The smallest absolute Gasteiger partial charge is 0.277 e. The number of halogens is 2. The molecule has 0 aromatic heterocycles. The Bertz CT molecular complexity index is 756. The number of aliphatic imine (C=N–C) groups is 1. The molecule has 1 amide bonds. The maximum Gasteiger partial charge on any atom is 0.277 e. The van der Waals surface area contributed by atoms with Gasteiger partial charge in [0.15, 0.2) is 0 Å². The van der Waals surface area contributed by atoms with Crippen LogP contribution in [0.2, 0.25) is 10.0 Å². The number of para-hydroxylation sites is 1. The van der Waals surface area contributed by atoms with Crippen LogP contribution in [0.25, 0.3) is 0 Å². The zero-order chi connectivity index (χ0) is 15.0. The van der Waals surface area contributed by atoms with Crippen LogP contribution in [0.15, 0.2) is 47.5 Å². The molecule has 5 heteroatoms. The Labute approximate surface area is 132 Å². The lowest BCUT2D eigenvalue weighted by Crippen LogP contribution is -2.29. The third-order valence-electron chi connectivity index (χ3n) is 3.36. The van der Waals surface area contributed by atoms with E-state index in [2.05, 4.69) is 4.99 Å². The Balaban J connectivity index is 2.11. The number of rotatable bonds is 2. The van der Waals surface area contributed by atoms with Crippen LogP contribution in [0.1, 0.15) is 12.5 Å². The third kappa shape index (κ3) is 2.43. The lowest BCUT2D eigenvalue weighted by molar-refractivity contribution is -0.112. The Morgan fingerprint density at radius 2 is 1.86 bits per heavy atom. The molecule has 0 fully saturated rings. The minimum atomic E-state index is -0.0928. The Kier molecular flexibility index (Phi) is 3.70. The van der Waals surface area contributed by atoms with Crippen molar-refractivity contribution in [2.24, 2.45) is 4.99 Å². The van der Waals surface area contributed by atoms with Crippen LogP contribution in [0, 0.1) is 0 Å². The molecule has 0 spiro atoms. The molecule has 21 heavy (non-hydrogen) atoms. The second kappa shape index (κ2) is 5.51. The van der Waals surface area contributed by atoms with Gasteiger partial charge in [-0.05, 0) is 31.2 Å². The number of carbonyl (C=O) groups excluding carboxylic acids is 1. The van der Waals surface area contributed by atoms with Crippen LogP contribution in [0.5, 0.6) is 0 Å². The fourth-order valence-corrected chi connectivity index (χ4v) is 2.66. The molecule has 1 aliphatic heterocycles. The predicted molar refractivity (Wildman–Crippen MR) is 87.1 cm³/mol. The van der Waals surface area contributed by atoms with E-state index in [9.17, 15) is 4.79 Å². The highest BCUT2D eigenvalue weighted by molar-refractivity contribution is 6.54. The second-order valence-electron chi connectivity index (χ2n) is 4.63. The molecule has 3 nitrogen and oxygen atoms in total. The minimum absolute atomic E-state index is 0.0928. The van der Waals surface area contributed by atoms with Crippen molar-refractivity contribution in [3.8, 4) is 0 Å². The van der Waals surface area contributed by atoms with Gasteiger partial charge in [-0.15, -0.1) is 0 Å². The average molecular weight is 319 g/mol. The van der Waals surface area contributed by atoms with Crippen molar-refractivity contribution in [3.05, 3.63) is 58.1 Å². The summed E-state index contributed by atoms with van der Waals surface area (Å²) in [5.41, 5.74) is 2.78. The van der Waals surface area contributed by atoms with Crippen molar-refractivity contribution in [1.29, 1.82) is 0 Å². The molecular weight excluding hydrogens is 307 g/mol. The summed E-state index contributed by atoms with van der Waals surface area (Å²) in [7, 11) is 0. The summed E-state index contributed by atoms with van der Waals surface area (Å²) in [6, 6.07) is 12.7. The van der Waals surface area contributed by atoms with Crippen molar-refractivity contribution in [1.82, 2.24) is 0 Å². The molecule has 0 radical (unpaired) electrons. The Hall–Kier alpha value is -1.84. The Morgan fingerprint density at radius 1 is 1.10 bits per heavy atom. The number of likely N-dealkylation sites (N-methyl/N-ethyl adjacent to an activating group) is 1. The maximum absolute atomic E-state index is 12.5.